The summed E-state index contributed by atoms with van der Waals surface area (Å²) in [6, 6.07) is 9.99. The molecule has 3 aromatic rings. The lowest BCUT2D eigenvalue weighted by Gasteiger charge is -2.22. The Balaban J connectivity index is 1.99. The number of nitro groups is 1. The first-order chi connectivity index (χ1) is 13.9. The molecular weight excluding hydrogens is 392 g/mol. The molecule has 3 rings (SSSR count). The van der Waals surface area contributed by atoms with Crippen molar-refractivity contribution in [1.29, 1.82) is 0 Å². The quantitative estimate of drug-likeness (QED) is 0.316. The first kappa shape index (κ1) is 20.3. The van der Waals surface area contributed by atoms with Gasteiger partial charge in [0.1, 0.15) is 5.69 Å². The van der Waals surface area contributed by atoms with Gasteiger partial charge in [0.2, 0.25) is 5.91 Å². The number of azo groups is 1. The van der Waals surface area contributed by atoms with Crippen molar-refractivity contribution in [3.05, 3.63) is 46.5 Å². The molecule has 0 radical (unpaired) electrons. The molecule has 1 N–H and O–H groups in total. The lowest BCUT2D eigenvalue weighted by molar-refractivity contribution is -0.384. The van der Waals surface area contributed by atoms with Gasteiger partial charge in [-0.05, 0) is 49.6 Å². The minimum Gasteiger partial charge on any atom is -0.372 e. The maximum absolute atomic E-state index is 11.6. The van der Waals surface area contributed by atoms with Gasteiger partial charge in [0.25, 0.3) is 5.69 Å². The van der Waals surface area contributed by atoms with Crippen LogP contribution in [-0.2, 0) is 4.79 Å². The van der Waals surface area contributed by atoms with Gasteiger partial charge in [-0.2, -0.15) is 4.37 Å². The van der Waals surface area contributed by atoms with E-state index in [4.69, 9.17) is 0 Å². The molecule has 0 aliphatic carbocycles. The Morgan fingerprint density at radius 3 is 2.62 bits per heavy atom. The number of benzene rings is 2. The van der Waals surface area contributed by atoms with E-state index in [1.165, 1.54) is 19.1 Å². The fourth-order valence-corrected chi connectivity index (χ4v) is 3.57. The third kappa shape index (κ3) is 4.54. The van der Waals surface area contributed by atoms with Gasteiger partial charge in [0, 0.05) is 43.2 Å². The van der Waals surface area contributed by atoms with Crippen LogP contribution in [0.1, 0.15) is 20.8 Å². The summed E-state index contributed by atoms with van der Waals surface area (Å²) >= 11 is 1.11. The molecule has 0 saturated carbocycles. The first-order valence-electron chi connectivity index (χ1n) is 9.05. The molecule has 0 spiro atoms. The van der Waals surface area contributed by atoms with Crippen LogP contribution in [-0.4, -0.2) is 28.3 Å². The summed E-state index contributed by atoms with van der Waals surface area (Å²) in [7, 11) is 0. The molecule has 10 heteroatoms. The lowest BCUT2D eigenvalue weighted by Crippen LogP contribution is -2.21. The molecule has 29 heavy (non-hydrogen) atoms. The summed E-state index contributed by atoms with van der Waals surface area (Å²) in [5.41, 5.74) is 2.59. The SMILES string of the molecule is CCN(CC)c1ccc(N=Nc2snc3ccc([N+](=O)[O-])cc23)c(NC(C)=O)c1. The Kier molecular flexibility index (Phi) is 6.13. The molecular formula is C19H20N6O3S. The Labute approximate surface area is 171 Å². The maximum Gasteiger partial charge on any atom is 0.270 e. The largest absolute Gasteiger partial charge is 0.372 e. The molecule has 0 aliphatic rings. The Hall–Kier alpha value is -3.40. The highest BCUT2D eigenvalue weighted by molar-refractivity contribution is 7.11. The predicted molar refractivity (Wildman–Crippen MR) is 115 cm³/mol. The fourth-order valence-electron chi connectivity index (χ4n) is 2.89. The number of anilines is 2. The van der Waals surface area contributed by atoms with Gasteiger partial charge < -0.3 is 10.2 Å². The van der Waals surface area contributed by atoms with Crippen LogP contribution in [0.5, 0.6) is 0 Å². The molecule has 1 amide bonds. The predicted octanol–water partition coefficient (Wildman–Crippen LogP) is 5.42. The normalized spacial score (nSPS) is 11.1. The second-order valence-electron chi connectivity index (χ2n) is 6.20. The van der Waals surface area contributed by atoms with Crippen LogP contribution in [0.25, 0.3) is 10.9 Å². The van der Waals surface area contributed by atoms with Gasteiger partial charge in [-0.25, -0.2) is 0 Å². The van der Waals surface area contributed by atoms with E-state index in [0.29, 0.717) is 27.3 Å². The zero-order chi connectivity index (χ0) is 21.0. The van der Waals surface area contributed by atoms with Crippen LogP contribution in [0.4, 0.5) is 27.8 Å². The van der Waals surface area contributed by atoms with Crippen LogP contribution in [0, 0.1) is 10.1 Å². The minimum absolute atomic E-state index is 0.0309. The highest BCUT2D eigenvalue weighted by Gasteiger charge is 2.13. The van der Waals surface area contributed by atoms with E-state index in [-0.39, 0.29) is 11.6 Å². The maximum atomic E-state index is 11.6. The van der Waals surface area contributed by atoms with Gasteiger partial charge >= 0.3 is 0 Å². The van der Waals surface area contributed by atoms with Gasteiger partial charge in [-0.3, -0.25) is 14.9 Å². The van der Waals surface area contributed by atoms with Gasteiger partial charge in [-0.1, -0.05) is 0 Å². The van der Waals surface area contributed by atoms with E-state index in [0.717, 1.165) is 30.3 Å². The average molecular weight is 412 g/mol. The molecule has 150 valence electrons. The van der Waals surface area contributed by atoms with E-state index in [9.17, 15) is 14.9 Å². The van der Waals surface area contributed by atoms with Crippen LogP contribution in [0.15, 0.2) is 46.6 Å². The number of nitro benzene ring substituents is 1. The monoisotopic (exact) mass is 412 g/mol. The number of carbonyl (C=O) groups is 1. The summed E-state index contributed by atoms with van der Waals surface area (Å²) in [5.74, 6) is -0.211. The van der Waals surface area contributed by atoms with E-state index >= 15 is 0 Å². The Morgan fingerprint density at radius 2 is 1.97 bits per heavy atom. The zero-order valence-electron chi connectivity index (χ0n) is 16.2. The number of aromatic nitrogens is 1. The number of hydrogen-bond acceptors (Lipinski definition) is 8. The van der Waals surface area contributed by atoms with Gasteiger partial charge in [0.15, 0.2) is 5.00 Å². The molecule has 0 atom stereocenters. The third-order valence-corrected chi connectivity index (χ3v) is 5.08. The van der Waals surface area contributed by atoms with Crippen molar-refractivity contribution in [3.8, 4) is 0 Å². The summed E-state index contributed by atoms with van der Waals surface area (Å²) in [5, 5.41) is 23.4. The van der Waals surface area contributed by atoms with E-state index in [2.05, 4.69) is 38.7 Å². The molecule has 0 unspecified atom stereocenters. The summed E-state index contributed by atoms with van der Waals surface area (Å²) < 4.78 is 4.25. The van der Waals surface area contributed by atoms with Crippen LogP contribution < -0.4 is 10.2 Å². The van der Waals surface area contributed by atoms with Crippen LogP contribution in [0.2, 0.25) is 0 Å². The number of nitrogens with one attached hydrogen (secondary N) is 1. The van der Waals surface area contributed by atoms with Gasteiger partial charge in [0.05, 0.1) is 16.1 Å². The molecule has 0 bridgehead atoms. The van der Waals surface area contributed by atoms with Crippen LogP contribution in [0.3, 0.4) is 0 Å². The van der Waals surface area contributed by atoms with Gasteiger partial charge in [-0.15, -0.1) is 10.2 Å². The number of nitrogens with zero attached hydrogens (tertiary/aromatic N) is 5. The second kappa shape index (κ2) is 8.74. The molecule has 1 heterocycles. The second-order valence-corrected chi connectivity index (χ2v) is 6.95. The summed E-state index contributed by atoms with van der Waals surface area (Å²) in [6.07, 6.45) is 0. The number of non-ortho nitro benzene ring substituents is 1. The number of rotatable bonds is 7. The molecule has 0 saturated heterocycles. The number of carbonyl (C=O) groups excluding carboxylic acids is 1. The third-order valence-electron chi connectivity index (χ3n) is 4.32. The van der Waals surface area contributed by atoms with Crippen molar-refractivity contribution in [2.24, 2.45) is 10.2 Å². The highest BCUT2D eigenvalue weighted by Crippen LogP contribution is 2.36. The summed E-state index contributed by atoms with van der Waals surface area (Å²) in [6.45, 7) is 7.22. The standard InChI is InChI=1S/C19H20N6O3S/c1-4-24(5-2)13-6-9-17(18(11-13)20-12(3)26)21-22-19-15-10-14(25(27)28)7-8-16(15)23-29-19/h6-11H,4-5H2,1-3H3,(H,20,26). The first-order valence-corrected chi connectivity index (χ1v) is 9.82. The van der Waals surface area contributed by atoms with Crippen molar-refractivity contribution in [3.63, 3.8) is 0 Å². The molecule has 0 fully saturated rings. The van der Waals surface area contributed by atoms with E-state index < -0.39 is 4.92 Å². The molecule has 0 aliphatic heterocycles. The highest BCUT2D eigenvalue weighted by atomic mass is 32.1. The van der Waals surface area contributed by atoms with E-state index in [1.807, 2.05) is 12.1 Å². The van der Waals surface area contributed by atoms with Crippen molar-refractivity contribution in [1.82, 2.24) is 4.37 Å². The van der Waals surface area contributed by atoms with Crippen LogP contribution >= 0.6 is 11.5 Å². The number of amides is 1. The molecule has 9 nitrogen and oxygen atoms in total. The van der Waals surface area contributed by atoms with Crippen molar-refractivity contribution < 1.29 is 9.72 Å². The zero-order valence-corrected chi connectivity index (χ0v) is 17.1. The number of fused-ring (bicyclic) bond motifs is 1. The van der Waals surface area contributed by atoms with Crippen molar-refractivity contribution >= 4 is 56.1 Å². The smallest absolute Gasteiger partial charge is 0.270 e. The fraction of sp³-hybridized carbons (Fsp3) is 0.263. The average Bonchev–Trinajstić information content (AvgIpc) is 3.10. The molecule has 1 aromatic heterocycles. The molecule has 2 aromatic carbocycles. The summed E-state index contributed by atoms with van der Waals surface area (Å²) in [4.78, 5) is 24.4. The topological polar surface area (TPSA) is 113 Å². The van der Waals surface area contributed by atoms with Crippen molar-refractivity contribution in [2.45, 2.75) is 20.8 Å². The van der Waals surface area contributed by atoms with E-state index in [1.54, 1.807) is 12.1 Å². The Bertz CT molecular complexity index is 1090. The number of hydrogen-bond donors (Lipinski definition) is 1. The minimum atomic E-state index is -0.459. The van der Waals surface area contributed by atoms with Crippen molar-refractivity contribution in [2.75, 3.05) is 23.3 Å². The Morgan fingerprint density at radius 1 is 1.21 bits per heavy atom. The lowest BCUT2D eigenvalue weighted by atomic mass is 10.2.